The highest BCUT2D eigenvalue weighted by Crippen LogP contribution is 2.04. The van der Waals surface area contributed by atoms with Crippen LogP contribution < -0.4 is 5.32 Å². The fourth-order valence-corrected chi connectivity index (χ4v) is 1.76. The van der Waals surface area contributed by atoms with Crippen molar-refractivity contribution >= 4 is 11.9 Å². The molecule has 1 atom stereocenters. The van der Waals surface area contributed by atoms with Gasteiger partial charge in [0.15, 0.2) is 0 Å². The Morgan fingerprint density at radius 2 is 1.63 bits per heavy atom. The molecule has 0 rings (SSSR count). The first-order valence-electron chi connectivity index (χ1n) is 6.94. The molecule has 0 saturated carbocycles. The second-order valence-electron chi connectivity index (χ2n) is 6.03. The molecule has 2 N–H and O–H groups in total. The third-order valence-electron chi connectivity index (χ3n) is 2.65. The van der Waals surface area contributed by atoms with Gasteiger partial charge in [0.05, 0.1) is 12.5 Å². The number of carbonyl (C=O) groups excluding carboxylic acids is 1. The van der Waals surface area contributed by atoms with E-state index in [0.29, 0.717) is 24.9 Å². The molecule has 112 valence electrons. The second-order valence-corrected chi connectivity index (χ2v) is 6.03. The summed E-state index contributed by atoms with van der Waals surface area (Å²) in [6.07, 6.45) is 0. The maximum absolute atomic E-state index is 11.8. The van der Waals surface area contributed by atoms with Crippen molar-refractivity contribution in [3.63, 3.8) is 0 Å². The molecule has 0 aromatic heterocycles. The molecule has 0 aliphatic rings. The quantitative estimate of drug-likeness (QED) is 0.666. The maximum atomic E-state index is 11.8. The number of hydrogen-bond acceptors (Lipinski definition) is 3. The minimum absolute atomic E-state index is 0.0352. The monoisotopic (exact) mass is 272 g/mol. The van der Waals surface area contributed by atoms with Gasteiger partial charge in [-0.3, -0.25) is 14.5 Å². The van der Waals surface area contributed by atoms with Gasteiger partial charge in [-0.2, -0.15) is 0 Å². The molecule has 0 aliphatic heterocycles. The number of amides is 1. The Balaban J connectivity index is 4.33. The molecule has 0 radical (unpaired) electrons. The third-order valence-corrected chi connectivity index (χ3v) is 2.65. The van der Waals surface area contributed by atoms with E-state index in [0.717, 1.165) is 6.54 Å². The van der Waals surface area contributed by atoms with Crippen LogP contribution in [0.2, 0.25) is 0 Å². The van der Waals surface area contributed by atoms with E-state index in [1.807, 2.05) is 18.7 Å². The molecule has 0 aromatic carbocycles. The van der Waals surface area contributed by atoms with Gasteiger partial charge in [0.2, 0.25) is 5.91 Å². The smallest absolute Gasteiger partial charge is 0.307 e. The predicted molar refractivity (Wildman–Crippen MR) is 75.9 cm³/mol. The number of aliphatic carboxylic acids is 1. The fourth-order valence-electron chi connectivity index (χ4n) is 1.76. The standard InChI is InChI=1S/C14H28N2O3/c1-10(2)6-15-13(17)9-16(7-11(3)4)8-12(5)14(18)19/h10-12H,6-9H2,1-5H3,(H,15,17)(H,18,19). The Morgan fingerprint density at radius 3 is 2.05 bits per heavy atom. The van der Waals surface area contributed by atoms with Crippen LogP contribution in [0.1, 0.15) is 34.6 Å². The van der Waals surface area contributed by atoms with Crippen molar-refractivity contribution in [2.75, 3.05) is 26.2 Å². The maximum Gasteiger partial charge on any atom is 0.307 e. The minimum Gasteiger partial charge on any atom is -0.481 e. The third kappa shape index (κ3) is 9.47. The molecule has 1 amide bonds. The number of hydrogen-bond donors (Lipinski definition) is 2. The molecule has 0 saturated heterocycles. The SMILES string of the molecule is CC(C)CNC(=O)CN(CC(C)C)CC(C)C(=O)O. The largest absolute Gasteiger partial charge is 0.481 e. The van der Waals surface area contributed by atoms with Crippen LogP contribution in [-0.4, -0.2) is 48.1 Å². The van der Waals surface area contributed by atoms with E-state index in [9.17, 15) is 9.59 Å². The highest BCUT2D eigenvalue weighted by molar-refractivity contribution is 5.78. The number of nitrogens with zero attached hydrogens (tertiary/aromatic N) is 1. The van der Waals surface area contributed by atoms with Gasteiger partial charge in [0.1, 0.15) is 0 Å². The van der Waals surface area contributed by atoms with Gasteiger partial charge in [0.25, 0.3) is 0 Å². The highest BCUT2D eigenvalue weighted by Gasteiger charge is 2.19. The van der Waals surface area contributed by atoms with Crippen LogP contribution in [0.15, 0.2) is 0 Å². The Kier molecular flexibility index (Phi) is 8.39. The topological polar surface area (TPSA) is 69.6 Å². The highest BCUT2D eigenvalue weighted by atomic mass is 16.4. The molecular formula is C14H28N2O3. The van der Waals surface area contributed by atoms with Crippen LogP contribution in [-0.2, 0) is 9.59 Å². The average Bonchev–Trinajstić information content (AvgIpc) is 2.25. The Labute approximate surface area is 116 Å². The van der Waals surface area contributed by atoms with Crippen molar-refractivity contribution < 1.29 is 14.7 Å². The summed E-state index contributed by atoms with van der Waals surface area (Å²) in [5.41, 5.74) is 0. The first kappa shape index (κ1) is 17.9. The van der Waals surface area contributed by atoms with E-state index >= 15 is 0 Å². The van der Waals surface area contributed by atoms with Crippen LogP contribution in [0.3, 0.4) is 0 Å². The molecule has 5 nitrogen and oxygen atoms in total. The van der Waals surface area contributed by atoms with Crippen molar-refractivity contribution in [2.45, 2.75) is 34.6 Å². The lowest BCUT2D eigenvalue weighted by Crippen LogP contribution is -2.42. The summed E-state index contributed by atoms with van der Waals surface area (Å²) < 4.78 is 0. The number of rotatable bonds is 9. The van der Waals surface area contributed by atoms with Gasteiger partial charge in [-0.25, -0.2) is 0 Å². The van der Waals surface area contributed by atoms with Gasteiger partial charge in [-0.15, -0.1) is 0 Å². The summed E-state index contributed by atoms with van der Waals surface area (Å²) in [4.78, 5) is 24.6. The number of nitrogens with one attached hydrogen (secondary N) is 1. The van der Waals surface area contributed by atoms with Crippen molar-refractivity contribution in [3.8, 4) is 0 Å². The molecule has 19 heavy (non-hydrogen) atoms. The molecule has 0 heterocycles. The Hall–Kier alpha value is -1.10. The first-order chi connectivity index (χ1) is 8.72. The molecule has 0 aliphatic carbocycles. The molecular weight excluding hydrogens is 244 g/mol. The van der Waals surface area contributed by atoms with Crippen LogP contribution in [0.25, 0.3) is 0 Å². The van der Waals surface area contributed by atoms with Gasteiger partial charge in [-0.1, -0.05) is 34.6 Å². The van der Waals surface area contributed by atoms with E-state index < -0.39 is 11.9 Å². The van der Waals surface area contributed by atoms with Crippen LogP contribution in [0.5, 0.6) is 0 Å². The van der Waals surface area contributed by atoms with Crippen LogP contribution in [0.4, 0.5) is 0 Å². The van der Waals surface area contributed by atoms with Gasteiger partial charge < -0.3 is 10.4 Å². The summed E-state index contributed by atoms with van der Waals surface area (Å²) in [5.74, 6) is -0.501. The number of carboxylic acid groups (broad SMARTS) is 1. The van der Waals surface area contributed by atoms with E-state index in [4.69, 9.17) is 5.11 Å². The summed E-state index contributed by atoms with van der Waals surface area (Å²) in [7, 11) is 0. The summed E-state index contributed by atoms with van der Waals surface area (Å²) >= 11 is 0. The number of carboxylic acids is 1. The zero-order valence-electron chi connectivity index (χ0n) is 12.8. The lowest BCUT2D eigenvalue weighted by molar-refractivity contribution is -0.142. The van der Waals surface area contributed by atoms with Gasteiger partial charge in [-0.05, 0) is 11.8 Å². The number of carbonyl (C=O) groups is 2. The Bertz CT molecular complexity index is 290. The van der Waals surface area contributed by atoms with Crippen molar-refractivity contribution in [1.82, 2.24) is 10.2 Å². The van der Waals surface area contributed by atoms with Gasteiger partial charge in [0, 0.05) is 19.6 Å². The van der Waals surface area contributed by atoms with E-state index in [-0.39, 0.29) is 12.5 Å². The molecule has 5 heteroatoms. The molecule has 1 unspecified atom stereocenters. The lowest BCUT2D eigenvalue weighted by atomic mass is 10.1. The Morgan fingerprint density at radius 1 is 1.05 bits per heavy atom. The minimum atomic E-state index is -0.823. The normalized spacial score (nSPS) is 13.1. The van der Waals surface area contributed by atoms with Crippen molar-refractivity contribution in [2.24, 2.45) is 17.8 Å². The molecule has 0 aromatic rings. The second kappa shape index (κ2) is 8.91. The lowest BCUT2D eigenvalue weighted by Gasteiger charge is -2.25. The zero-order valence-corrected chi connectivity index (χ0v) is 12.8. The van der Waals surface area contributed by atoms with E-state index in [2.05, 4.69) is 19.2 Å². The molecule has 0 bridgehead atoms. The van der Waals surface area contributed by atoms with Crippen molar-refractivity contribution in [1.29, 1.82) is 0 Å². The molecule has 0 spiro atoms. The van der Waals surface area contributed by atoms with Crippen LogP contribution in [0, 0.1) is 17.8 Å². The summed E-state index contributed by atoms with van der Waals surface area (Å²) in [6, 6.07) is 0. The predicted octanol–water partition coefficient (Wildman–Crippen LogP) is 1.44. The van der Waals surface area contributed by atoms with E-state index in [1.165, 1.54) is 0 Å². The zero-order chi connectivity index (χ0) is 15.0. The van der Waals surface area contributed by atoms with E-state index in [1.54, 1.807) is 6.92 Å². The average molecular weight is 272 g/mol. The first-order valence-corrected chi connectivity index (χ1v) is 6.94. The van der Waals surface area contributed by atoms with Crippen molar-refractivity contribution in [3.05, 3.63) is 0 Å². The van der Waals surface area contributed by atoms with Gasteiger partial charge >= 0.3 is 5.97 Å². The summed E-state index contributed by atoms with van der Waals surface area (Å²) in [5, 5.41) is 11.8. The molecule has 0 fully saturated rings. The van der Waals surface area contributed by atoms with Crippen LogP contribution >= 0.6 is 0 Å². The fraction of sp³-hybridized carbons (Fsp3) is 0.857. The summed E-state index contributed by atoms with van der Waals surface area (Å²) in [6.45, 7) is 11.9.